The van der Waals surface area contributed by atoms with Gasteiger partial charge >= 0.3 is 0 Å². The topological polar surface area (TPSA) is 39.2 Å². The number of benzene rings is 1. The van der Waals surface area contributed by atoms with E-state index in [4.69, 9.17) is 4.74 Å². The molecule has 3 nitrogen and oxygen atoms in total. The average Bonchev–Trinajstić information content (AvgIpc) is 2.46. The van der Waals surface area contributed by atoms with Crippen LogP contribution in [-0.2, 0) is 0 Å². The Balaban J connectivity index is 2.44. The highest BCUT2D eigenvalue weighted by atomic mass is 16.5. The average molecular weight is 253 g/mol. The molecule has 2 aromatic rings. The zero-order valence-electron chi connectivity index (χ0n) is 11.4. The lowest BCUT2D eigenvalue weighted by molar-refractivity contribution is 0.112. The Labute approximate surface area is 113 Å². The number of carbonyl (C=O) groups is 1. The molecule has 0 radical (unpaired) electrons. The Morgan fingerprint density at radius 3 is 2.42 bits per heavy atom. The molecule has 0 saturated carbocycles. The van der Waals surface area contributed by atoms with E-state index < -0.39 is 0 Å². The Morgan fingerprint density at radius 1 is 1.21 bits per heavy atom. The van der Waals surface area contributed by atoms with E-state index in [0.29, 0.717) is 12.3 Å². The van der Waals surface area contributed by atoms with Crippen LogP contribution in [0.15, 0.2) is 36.5 Å². The van der Waals surface area contributed by atoms with E-state index in [9.17, 15) is 4.79 Å². The van der Waals surface area contributed by atoms with Crippen LogP contribution in [0.25, 0.3) is 11.3 Å². The lowest BCUT2D eigenvalue weighted by Crippen LogP contribution is -2.25. The number of ether oxygens (including phenoxy) is 1. The van der Waals surface area contributed by atoms with E-state index >= 15 is 0 Å². The van der Waals surface area contributed by atoms with Gasteiger partial charge in [0.25, 0.3) is 0 Å². The molecule has 0 aliphatic heterocycles. The summed E-state index contributed by atoms with van der Waals surface area (Å²) in [5, 5.41) is 0. The fourth-order valence-corrected chi connectivity index (χ4v) is 1.97. The van der Waals surface area contributed by atoms with Crippen LogP contribution in [0.3, 0.4) is 0 Å². The van der Waals surface area contributed by atoms with Gasteiger partial charge in [-0.2, -0.15) is 0 Å². The number of methoxy groups -OCH3 is 1. The van der Waals surface area contributed by atoms with Crippen molar-refractivity contribution in [1.82, 2.24) is 4.98 Å². The second-order valence-electron chi connectivity index (χ2n) is 4.71. The number of carbonyl (C=O) groups excluding carboxylic acids is 1. The molecule has 0 spiro atoms. The maximum atomic E-state index is 10.6. The monoisotopic (exact) mass is 253 g/mol. The van der Waals surface area contributed by atoms with Crippen molar-refractivity contribution < 1.29 is 9.53 Å². The molecule has 1 heterocycles. The van der Waals surface area contributed by atoms with Gasteiger partial charge < -0.3 is 4.74 Å². The minimum atomic E-state index is 0.367. The van der Waals surface area contributed by atoms with Crippen molar-refractivity contribution in [2.24, 2.45) is 0 Å². The summed E-state index contributed by atoms with van der Waals surface area (Å²) < 4.78 is 5.33. The first-order valence-electron chi connectivity index (χ1n) is 6.25. The third-order valence-electron chi connectivity index (χ3n) is 3.08. The Bertz CT molecular complexity index is 579. The fraction of sp³-hybridized carbons (Fsp3) is 0.200. The van der Waals surface area contributed by atoms with Gasteiger partial charge in [-0.25, -0.2) is 0 Å². The van der Waals surface area contributed by atoms with Gasteiger partial charge in [-0.05, 0) is 11.5 Å². The summed E-state index contributed by atoms with van der Waals surface area (Å²) in [6.45, 7) is 4.61. The van der Waals surface area contributed by atoms with Crippen LogP contribution in [0.4, 0.5) is 0 Å². The van der Waals surface area contributed by atoms with Crippen LogP contribution in [-0.4, -0.2) is 25.1 Å². The number of nitrogens with zero attached hydrogens (tertiary/aromatic N) is 1. The van der Waals surface area contributed by atoms with E-state index in [1.54, 1.807) is 25.4 Å². The molecule has 19 heavy (non-hydrogen) atoms. The third kappa shape index (κ3) is 2.84. The standard InChI is InChI=1S/C15H16BNO2/c1-16(2)13-8-14(17-9-15(13)19-3)12-6-4-11(10-18)5-7-12/h4-10H,1-3H3. The van der Waals surface area contributed by atoms with Gasteiger partial charge in [0.1, 0.15) is 12.0 Å². The van der Waals surface area contributed by atoms with Crippen molar-refractivity contribution in [3.63, 3.8) is 0 Å². The van der Waals surface area contributed by atoms with E-state index in [-0.39, 0.29) is 0 Å². The van der Waals surface area contributed by atoms with Crippen LogP contribution in [0.2, 0.25) is 13.6 Å². The first-order valence-corrected chi connectivity index (χ1v) is 6.25. The smallest absolute Gasteiger partial charge is 0.174 e. The minimum Gasteiger partial charge on any atom is -0.496 e. The number of aromatic nitrogens is 1. The molecule has 1 aromatic carbocycles. The van der Waals surface area contributed by atoms with Gasteiger partial charge in [-0.3, -0.25) is 9.78 Å². The Kier molecular flexibility index (Phi) is 4.00. The van der Waals surface area contributed by atoms with Crippen molar-refractivity contribution in [1.29, 1.82) is 0 Å². The van der Waals surface area contributed by atoms with Crippen LogP contribution in [0.1, 0.15) is 10.4 Å². The summed E-state index contributed by atoms with van der Waals surface area (Å²) in [6.07, 6.45) is 2.59. The normalized spacial score (nSPS) is 10.1. The summed E-state index contributed by atoms with van der Waals surface area (Å²) in [5.74, 6) is 0.809. The third-order valence-corrected chi connectivity index (χ3v) is 3.08. The van der Waals surface area contributed by atoms with Crippen LogP contribution < -0.4 is 10.2 Å². The predicted molar refractivity (Wildman–Crippen MR) is 78.7 cm³/mol. The molecule has 96 valence electrons. The predicted octanol–water partition coefficient (Wildman–Crippen LogP) is 2.53. The minimum absolute atomic E-state index is 0.367. The molecule has 0 saturated heterocycles. The van der Waals surface area contributed by atoms with Crippen molar-refractivity contribution >= 4 is 18.5 Å². The highest BCUT2D eigenvalue weighted by Crippen LogP contribution is 2.19. The van der Waals surface area contributed by atoms with Gasteiger partial charge in [0, 0.05) is 11.1 Å². The summed E-state index contributed by atoms with van der Waals surface area (Å²) in [7, 11) is 1.65. The second-order valence-corrected chi connectivity index (χ2v) is 4.71. The largest absolute Gasteiger partial charge is 0.496 e. The Hall–Kier alpha value is -2.10. The van der Waals surface area contributed by atoms with Crippen molar-refractivity contribution in [2.75, 3.05) is 7.11 Å². The van der Waals surface area contributed by atoms with Crippen LogP contribution >= 0.6 is 0 Å². The molecule has 0 fully saturated rings. The van der Waals surface area contributed by atoms with Crippen LogP contribution in [0.5, 0.6) is 5.75 Å². The number of aldehydes is 1. The molecular formula is C15H16BNO2. The van der Waals surface area contributed by atoms with E-state index in [0.717, 1.165) is 28.8 Å². The molecule has 0 unspecified atom stereocenters. The molecule has 0 aliphatic carbocycles. The van der Waals surface area contributed by atoms with E-state index in [1.807, 2.05) is 18.2 Å². The zero-order valence-corrected chi connectivity index (χ0v) is 11.4. The van der Waals surface area contributed by atoms with Crippen molar-refractivity contribution in [2.45, 2.75) is 13.6 Å². The van der Waals surface area contributed by atoms with E-state index in [2.05, 4.69) is 18.6 Å². The van der Waals surface area contributed by atoms with Crippen molar-refractivity contribution in [3.05, 3.63) is 42.1 Å². The molecule has 2 rings (SSSR count). The quantitative estimate of drug-likeness (QED) is 0.620. The molecule has 0 aliphatic rings. The molecular weight excluding hydrogens is 237 g/mol. The van der Waals surface area contributed by atoms with Gasteiger partial charge in [-0.1, -0.05) is 37.9 Å². The highest BCUT2D eigenvalue weighted by Gasteiger charge is 2.12. The maximum Gasteiger partial charge on any atom is 0.174 e. The van der Waals surface area contributed by atoms with Gasteiger partial charge in [-0.15, -0.1) is 0 Å². The Morgan fingerprint density at radius 2 is 1.89 bits per heavy atom. The number of hydrogen-bond acceptors (Lipinski definition) is 3. The first-order chi connectivity index (χ1) is 9.15. The lowest BCUT2D eigenvalue weighted by Gasteiger charge is -2.11. The molecule has 0 bridgehead atoms. The van der Waals surface area contributed by atoms with Crippen molar-refractivity contribution in [3.8, 4) is 17.0 Å². The molecule has 0 N–H and O–H groups in total. The number of hydrogen-bond donors (Lipinski definition) is 0. The van der Waals surface area contributed by atoms with Gasteiger partial charge in [0.15, 0.2) is 6.71 Å². The lowest BCUT2D eigenvalue weighted by atomic mass is 9.49. The van der Waals surface area contributed by atoms with E-state index in [1.165, 1.54) is 0 Å². The zero-order chi connectivity index (χ0) is 13.8. The number of pyridine rings is 1. The maximum absolute atomic E-state index is 10.6. The highest BCUT2D eigenvalue weighted by molar-refractivity contribution is 6.71. The molecule has 0 amide bonds. The summed E-state index contributed by atoms with van der Waals surface area (Å²) >= 11 is 0. The van der Waals surface area contributed by atoms with Gasteiger partial charge in [0.2, 0.25) is 0 Å². The molecule has 0 atom stereocenters. The second kappa shape index (κ2) is 5.70. The first kappa shape index (κ1) is 13.3. The summed E-state index contributed by atoms with van der Waals surface area (Å²) in [6, 6.07) is 9.44. The molecule has 4 heteroatoms. The number of rotatable bonds is 4. The SMILES string of the molecule is COc1cnc(-c2ccc(C=O)cc2)cc1B(C)C. The fourth-order valence-electron chi connectivity index (χ4n) is 1.97. The summed E-state index contributed by atoms with van der Waals surface area (Å²) in [4.78, 5) is 15.1. The van der Waals surface area contributed by atoms with Crippen LogP contribution in [0, 0.1) is 0 Å². The molecule has 1 aromatic heterocycles. The summed E-state index contributed by atoms with van der Waals surface area (Å²) in [5.41, 5.74) is 3.69. The van der Waals surface area contributed by atoms with Gasteiger partial charge in [0.05, 0.1) is 19.0 Å².